The van der Waals surface area contributed by atoms with Crippen molar-refractivity contribution in [3.05, 3.63) is 29.8 Å². The highest BCUT2D eigenvalue weighted by atomic mass is 19.2. The molecular weight excluding hydrogens is 203 g/mol. The largest absolute Gasteiger partial charge is 0.458 e. The minimum atomic E-state index is -1.43. The second-order valence-electron chi connectivity index (χ2n) is 4.55. The predicted molar refractivity (Wildman–Crippen MR) is 63.4 cm³/mol. The van der Waals surface area contributed by atoms with Gasteiger partial charge in [-0.2, -0.15) is 4.39 Å². The number of unbranched alkanes of at least 4 members (excludes halogenated alkanes) is 2. The van der Waals surface area contributed by atoms with Crippen LogP contribution in [-0.2, 0) is 6.42 Å². The number of hydrogen-bond acceptors (Lipinski definition) is 1. The molecule has 1 unspecified atom stereocenters. The van der Waals surface area contributed by atoms with Gasteiger partial charge in [0.25, 0.3) is 0 Å². The third-order valence-electron chi connectivity index (χ3n) is 3.19. The molecule has 2 heteroatoms. The van der Waals surface area contributed by atoms with E-state index in [9.17, 15) is 4.39 Å². The lowest BCUT2D eigenvalue weighted by atomic mass is 9.97. The van der Waals surface area contributed by atoms with Crippen LogP contribution in [0.15, 0.2) is 24.3 Å². The first-order chi connectivity index (χ1) is 7.73. The molecule has 0 spiro atoms. The van der Waals surface area contributed by atoms with E-state index in [1.165, 1.54) is 0 Å². The van der Waals surface area contributed by atoms with Crippen molar-refractivity contribution in [2.75, 3.05) is 0 Å². The lowest BCUT2D eigenvalue weighted by molar-refractivity contribution is -0.0860. The van der Waals surface area contributed by atoms with Crippen LogP contribution in [0.2, 0.25) is 0 Å². The van der Waals surface area contributed by atoms with Crippen molar-refractivity contribution >= 4 is 0 Å². The summed E-state index contributed by atoms with van der Waals surface area (Å²) in [6.07, 6.45) is 4.92. The minimum absolute atomic E-state index is 0.494. The van der Waals surface area contributed by atoms with Gasteiger partial charge in [-0.05, 0) is 24.5 Å². The minimum Gasteiger partial charge on any atom is -0.458 e. The number of fused-ring (bicyclic) bond motifs is 1. The first kappa shape index (κ1) is 11.4. The van der Waals surface area contributed by atoms with Crippen molar-refractivity contribution in [1.82, 2.24) is 0 Å². The summed E-state index contributed by atoms with van der Waals surface area (Å²) in [5.74, 6) is -0.698. The quantitative estimate of drug-likeness (QED) is 0.692. The van der Waals surface area contributed by atoms with E-state index in [4.69, 9.17) is 4.74 Å². The Hall–Kier alpha value is -1.05. The Morgan fingerprint density at radius 1 is 1.31 bits per heavy atom. The first-order valence-corrected chi connectivity index (χ1v) is 6.19. The smallest absolute Gasteiger partial charge is 0.248 e. The van der Waals surface area contributed by atoms with Crippen molar-refractivity contribution in [3.63, 3.8) is 0 Å². The fourth-order valence-electron chi connectivity index (χ4n) is 2.19. The van der Waals surface area contributed by atoms with Crippen LogP contribution in [0.3, 0.4) is 0 Å². The van der Waals surface area contributed by atoms with Gasteiger partial charge in [0.2, 0.25) is 5.85 Å². The van der Waals surface area contributed by atoms with Gasteiger partial charge in [-0.3, -0.25) is 0 Å². The standard InChI is InChI=1S/C14H19FO/c1-2-3-6-10-14(15)11-9-12-7-4-5-8-13(12)16-14/h4-5,7-8H,2-3,6,9-11H2,1H3. The van der Waals surface area contributed by atoms with E-state index in [1.54, 1.807) is 0 Å². The van der Waals surface area contributed by atoms with Crippen LogP contribution >= 0.6 is 0 Å². The van der Waals surface area contributed by atoms with Gasteiger partial charge in [0, 0.05) is 12.8 Å². The molecule has 0 radical (unpaired) electrons. The van der Waals surface area contributed by atoms with E-state index in [0.29, 0.717) is 12.8 Å². The fraction of sp³-hybridized carbons (Fsp3) is 0.571. The lowest BCUT2D eigenvalue weighted by Gasteiger charge is -2.32. The SMILES string of the molecule is CCCCCC1(F)CCc2ccccc2O1. The molecule has 1 nitrogen and oxygen atoms in total. The summed E-state index contributed by atoms with van der Waals surface area (Å²) in [6, 6.07) is 7.75. The Labute approximate surface area is 96.6 Å². The highest BCUT2D eigenvalue weighted by molar-refractivity contribution is 5.35. The Balaban J connectivity index is 2.00. The van der Waals surface area contributed by atoms with E-state index in [-0.39, 0.29) is 0 Å². The molecule has 0 N–H and O–H groups in total. The molecule has 1 aliphatic rings. The molecule has 0 aromatic heterocycles. The molecule has 16 heavy (non-hydrogen) atoms. The number of halogens is 1. The van der Waals surface area contributed by atoms with Crippen molar-refractivity contribution < 1.29 is 9.13 Å². The van der Waals surface area contributed by atoms with E-state index in [2.05, 4.69) is 6.92 Å². The summed E-state index contributed by atoms with van der Waals surface area (Å²) in [6.45, 7) is 2.13. The normalized spacial score (nSPS) is 23.6. The third kappa shape index (κ3) is 2.55. The molecule has 88 valence electrons. The second-order valence-corrected chi connectivity index (χ2v) is 4.55. The van der Waals surface area contributed by atoms with Gasteiger partial charge < -0.3 is 4.74 Å². The molecule has 1 atom stereocenters. The van der Waals surface area contributed by atoms with Gasteiger partial charge in [-0.25, -0.2) is 0 Å². The van der Waals surface area contributed by atoms with Crippen LogP contribution in [0.25, 0.3) is 0 Å². The van der Waals surface area contributed by atoms with E-state index in [0.717, 1.165) is 37.0 Å². The number of hydrogen-bond donors (Lipinski definition) is 0. The molecule has 1 aromatic carbocycles. The summed E-state index contributed by atoms with van der Waals surface area (Å²) in [5.41, 5.74) is 1.13. The van der Waals surface area contributed by atoms with Crippen LogP contribution in [0, 0.1) is 0 Å². The van der Waals surface area contributed by atoms with E-state index >= 15 is 0 Å². The zero-order valence-electron chi connectivity index (χ0n) is 9.84. The summed E-state index contributed by atoms with van der Waals surface area (Å²) in [7, 11) is 0. The number of ether oxygens (including phenoxy) is 1. The van der Waals surface area contributed by atoms with E-state index in [1.807, 2.05) is 24.3 Å². The number of benzene rings is 1. The maximum Gasteiger partial charge on any atom is 0.248 e. The van der Waals surface area contributed by atoms with Gasteiger partial charge >= 0.3 is 0 Å². The fourth-order valence-corrected chi connectivity index (χ4v) is 2.19. The maximum atomic E-state index is 14.4. The van der Waals surface area contributed by atoms with Crippen LogP contribution in [0.4, 0.5) is 4.39 Å². The molecule has 0 bridgehead atoms. The van der Waals surface area contributed by atoms with Gasteiger partial charge in [-0.1, -0.05) is 38.0 Å². The summed E-state index contributed by atoms with van der Waals surface area (Å²) < 4.78 is 19.9. The maximum absolute atomic E-state index is 14.4. The Kier molecular flexibility index (Phi) is 3.47. The van der Waals surface area contributed by atoms with Crippen molar-refractivity contribution in [2.45, 2.75) is 51.3 Å². The topological polar surface area (TPSA) is 9.23 Å². The number of alkyl halides is 1. The van der Waals surface area contributed by atoms with Gasteiger partial charge in [0.15, 0.2) is 0 Å². The van der Waals surface area contributed by atoms with Gasteiger partial charge in [0.1, 0.15) is 5.75 Å². The zero-order valence-corrected chi connectivity index (χ0v) is 9.84. The summed E-state index contributed by atoms with van der Waals surface area (Å²) >= 11 is 0. The van der Waals surface area contributed by atoms with Crippen molar-refractivity contribution in [1.29, 1.82) is 0 Å². The lowest BCUT2D eigenvalue weighted by Crippen LogP contribution is -2.34. The molecule has 2 rings (SSSR count). The number of para-hydroxylation sites is 1. The molecule has 1 aliphatic heterocycles. The highest BCUT2D eigenvalue weighted by Crippen LogP contribution is 2.36. The molecule has 0 saturated carbocycles. The molecule has 0 saturated heterocycles. The predicted octanol–water partition coefficient (Wildman–Crippen LogP) is 4.26. The average molecular weight is 222 g/mol. The van der Waals surface area contributed by atoms with Gasteiger partial charge in [-0.15, -0.1) is 0 Å². The molecule has 1 heterocycles. The number of aryl methyl sites for hydroxylation is 1. The Bertz CT molecular complexity index is 350. The monoisotopic (exact) mass is 222 g/mol. The van der Waals surface area contributed by atoms with Crippen LogP contribution in [0.5, 0.6) is 5.75 Å². The molecular formula is C14H19FO. The highest BCUT2D eigenvalue weighted by Gasteiger charge is 2.35. The first-order valence-electron chi connectivity index (χ1n) is 6.19. The zero-order chi connectivity index (χ0) is 11.4. The van der Waals surface area contributed by atoms with Crippen LogP contribution in [0.1, 0.15) is 44.6 Å². The Morgan fingerprint density at radius 3 is 2.94 bits per heavy atom. The molecule has 0 fully saturated rings. The summed E-state index contributed by atoms with van der Waals surface area (Å²) in [4.78, 5) is 0. The second kappa shape index (κ2) is 4.86. The average Bonchev–Trinajstić information content (AvgIpc) is 2.29. The van der Waals surface area contributed by atoms with Crippen molar-refractivity contribution in [2.24, 2.45) is 0 Å². The van der Waals surface area contributed by atoms with Crippen LogP contribution in [-0.4, -0.2) is 5.85 Å². The summed E-state index contributed by atoms with van der Waals surface area (Å²) in [5, 5.41) is 0. The van der Waals surface area contributed by atoms with E-state index < -0.39 is 5.85 Å². The van der Waals surface area contributed by atoms with Crippen molar-refractivity contribution in [3.8, 4) is 5.75 Å². The Morgan fingerprint density at radius 2 is 2.12 bits per heavy atom. The van der Waals surface area contributed by atoms with Gasteiger partial charge in [0.05, 0.1) is 0 Å². The third-order valence-corrected chi connectivity index (χ3v) is 3.19. The number of rotatable bonds is 4. The molecule has 1 aromatic rings. The molecule has 0 amide bonds. The molecule has 0 aliphatic carbocycles. The van der Waals surface area contributed by atoms with Crippen LogP contribution < -0.4 is 4.74 Å².